The zero-order valence-corrected chi connectivity index (χ0v) is 22.0. The predicted molar refractivity (Wildman–Crippen MR) is 141 cm³/mol. The van der Waals surface area contributed by atoms with E-state index in [4.69, 9.17) is 32.9 Å². The molecule has 1 aromatic heterocycles. The molecule has 2 saturated carbocycles. The van der Waals surface area contributed by atoms with E-state index < -0.39 is 11.9 Å². The third-order valence-electron chi connectivity index (χ3n) is 7.72. The van der Waals surface area contributed by atoms with Crippen molar-refractivity contribution >= 4 is 40.1 Å². The molecule has 5 rings (SSSR count). The number of carbonyl (C=O) groups is 1. The highest BCUT2D eigenvalue weighted by atomic mass is 35.5. The highest BCUT2D eigenvalue weighted by molar-refractivity contribution is 6.31. The summed E-state index contributed by atoms with van der Waals surface area (Å²) in [5.41, 5.74) is 1.78. The molecule has 2 aromatic carbocycles. The van der Waals surface area contributed by atoms with Gasteiger partial charge in [-0.1, -0.05) is 67.4 Å². The van der Waals surface area contributed by atoms with Crippen molar-refractivity contribution in [2.75, 3.05) is 7.11 Å². The van der Waals surface area contributed by atoms with Crippen LogP contribution in [-0.2, 0) is 9.53 Å². The van der Waals surface area contributed by atoms with Crippen LogP contribution in [0.4, 0.5) is 4.39 Å². The van der Waals surface area contributed by atoms with Gasteiger partial charge in [-0.2, -0.15) is 0 Å². The van der Waals surface area contributed by atoms with Crippen molar-refractivity contribution < 1.29 is 13.9 Å². The molecule has 2 fully saturated rings. The van der Waals surface area contributed by atoms with Crippen LogP contribution in [0.5, 0.6) is 0 Å². The number of carbonyl (C=O) groups excluding carboxylic acids is 1. The normalized spacial score (nSPS) is 19.0. The maximum Gasteiger partial charge on any atom is 0.247 e. The number of methoxy groups -OCH3 is 1. The molecule has 1 amide bonds. The van der Waals surface area contributed by atoms with Crippen LogP contribution in [0.1, 0.15) is 81.3 Å². The third kappa shape index (κ3) is 5.13. The van der Waals surface area contributed by atoms with Crippen molar-refractivity contribution in [3.05, 3.63) is 63.6 Å². The molecule has 1 N–H and O–H groups in total. The van der Waals surface area contributed by atoms with Gasteiger partial charge in [0.2, 0.25) is 5.91 Å². The Bertz CT molecular complexity index is 1240. The quantitative estimate of drug-likeness (QED) is 0.345. The van der Waals surface area contributed by atoms with Gasteiger partial charge in [-0.3, -0.25) is 4.79 Å². The molecule has 5 nitrogen and oxygen atoms in total. The van der Waals surface area contributed by atoms with Gasteiger partial charge < -0.3 is 14.6 Å². The molecule has 2 aliphatic rings. The van der Waals surface area contributed by atoms with Crippen molar-refractivity contribution in [3.63, 3.8) is 0 Å². The predicted octanol–water partition coefficient (Wildman–Crippen LogP) is 7.40. The largest absolute Gasteiger partial charge is 0.373 e. The summed E-state index contributed by atoms with van der Waals surface area (Å²) in [6.07, 6.45) is 9.31. The Kier molecular flexibility index (Phi) is 7.85. The molecule has 192 valence electrons. The van der Waals surface area contributed by atoms with Gasteiger partial charge in [0.05, 0.1) is 16.1 Å². The van der Waals surface area contributed by atoms with Gasteiger partial charge in [-0.15, -0.1) is 0 Å². The molecule has 1 heterocycles. The Morgan fingerprint density at radius 1 is 1.08 bits per heavy atom. The van der Waals surface area contributed by atoms with Crippen molar-refractivity contribution in [2.45, 2.75) is 76.0 Å². The minimum atomic E-state index is -0.757. The van der Waals surface area contributed by atoms with Gasteiger partial charge in [0.15, 0.2) is 0 Å². The van der Waals surface area contributed by atoms with Crippen LogP contribution >= 0.6 is 23.2 Å². The van der Waals surface area contributed by atoms with E-state index >= 15 is 0 Å². The molecule has 3 aromatic rings. The van der Waals surface area contributed by atoms with Crippen molar-refractivity contribution in [1.82, 2.24) is 14.9 Å². The summed E-state index contributed by atoms with van der Waals surface area (Å²) < 4.78 is 22.5. The van der Waals surface area contributed by atoms with Gasteiger partial charge in [0.25, 0.3) is 0 Å². The minimum Gasteiger partial charge on any atom is -0.373 e. The van der Waals surface area contributed by atoms with E-state index in [1.54, 1.807) is 19.2 Å². The Labute approximate surface area is 221 Å². The topological polar surface area (TPSA) is 56.2 Å². The maximum atomic E-state index is 14.5. The van der Waals surface area contributed by atoms with Gasteiger partial charge in [-0.25, -0.2) is 9.37 Å². The molecular formula is C28H32Cl2FN3O2. The molecule has 2 atom stereocenters. The van der Waals surface area contributed by atoms with Crippen LogP contribution in [-0.4, -0.2) is 28.6 Å². The first kappa shape index (κ1) is 25.5. The molecule has 0 bridgehead atoms. The SMILES string of the molecule is COC(c1nc2cc(F)c(Cl)cc2n1C(C(=O)NC1CCCC1)c1cccc(Cl)c1)C1CCCCC1. The van der Waals surface area contributed by atoms with Crippen LogP contribution < -0.4 is 5.32 Å². The number of imidazole rings is 1. The Morgan fingerprint density at radius 3 is 2.50 bits per heavy atom. The number of amides is 1. The van der Waals surface area contributed by atoms with Crippen LogP contribution in [0.2, 0.25) is 10.0 Å². The standard InChI is InChI=1S/C28H32Cl2FN3O2/c1-36-26(17-8-3-2-4-9-17)27-33-23-16-22(31)21(30)15-24(23)34(27)25(18-10-7-11-19(29)14-18)28(35)32-20-12-5-6-13-20/h7,10-11,14-17,20,25-26H,2-6,8-9,12-13H2,1H3,(H,32,35). The molecule has 0 aliphatic heterocycles. The molecule has 8 heteroatoms. The number of hydrogen-bond acceptors (Lipinski definition) is 3. The van der Waals surface area contributed by atoms with E-state index in [2.05, 4.69) is 5.32 Å². The lowest BCUT2D eigenvalue weighted by atomic mass is 9.84. The second-order valence-electron chi connectivity index (χ2n) is 10.1. The van der Waals surface area contributed by atoms with Crippen LogP contribution in [0, 0.1) is 11.7 Å². The molecule has 0 radical (unpaired) electrons. The first-order valence-corrected chi connectivity index (χ1v) is 13.7. The first-order chi connectivity index (χ1) is 17.5. The summed E-state index contributed by atoms with van der Waals surface area (Å²) in [6.45, 7) is 0. The molecular weight excluding hydrogens is 500 g/mol. The molecule has 2 aliphatic carbocycles. The Morgan fingerprint density at radius 2 is 1.81 bits per heavy atom. The number of nitrogens with zero attached hydrogens (tertiary/aromatic N) is 2. The monoisotopic (exact) mass is 531 g/mol. The lowest BCUT2D eigenvalue weighted by Crippen LogP contribution is -2.39. The van der Waals surface area contributed by atoms with Gasteiger partial charge in [0, 0.05) is 24.2 Å². The Balaban J connectivity index is 1.70. The fraction of sp³-hybridized carbons (Fsp3) is 0.500. The van der Waals surface area contributed by atoms with E-state index in [-0.39, 0.29) is 29.0 Å². The fourth-order valence-electron chi connectivity index (χ4n) is 5.97. The second kappa shape index (κ2) is 11.1. The Hall–Kier alpha value is -2.15. The number of ether oxygens (including phenoxy) is 1. The average Bonchev–Trinajstić information content (AvgIpc) is 3.50. The van der Waals surface area contributed by atoms with E-state index in [9.17, 15) is 9.18 Å². The van der Waals surface area contributed by atoms with E-state index in [0.717, 1.165) is 56.9 Å². The number of hydrogen-bond donors (Lipinski definition) is 1. The fourth-order valence-corrected chi connectivity index (χ4v) is 6.33. The number of halogens is 3. The second-order valence-corrected chi connectivity index (χ2v) is 10.9. The summed E-state index contributed by atoms with van der Waals surface area (Å²) in [7, 11) is 1.68. The lowest BCUT2D eigenvalue weighted by Gasteiger charge is -2.31. The summed E-state index contributed by atoms with van der Waals surface area (Å²) in [5.74, 6) is 0.204. The lowest BCUT2D eigenvalue weighted by molar-refractivity contribution is -0.124. The average molecular weight is 532 g/mol. The van der Waals surface area contributed by atoms with Gasteiger partial charge in [0.1, 0.15) is 23.8 Å². The molecule has 0 spiro atoms. The van der Waals surface area contributed by atoms with E-state index in [0.29, 0.717) is 21.9 Å². The van der Waals surface area contributed by atoms with Crippen LogP contribution in [0.25, 0.3) is 11.0 Å². The maximum absolute atomic E-state index is 14.5. The van der Waals surface area contributed by atoms with Crippen LogP contribution in [0.3, 0.4) is 0 Å². The number of fused-ring (bicyclic) bond motifs is 1. The number of rotatable bonds is 7. The van der Waals surface area contributed by atoms with E-state index in [1.807, 2.05) is 22.8 Å². The molecule has 36 heavy (non-hydrogen) atoms. The van der Waals surface area contributed by atoms with Crippen molar-refractivity contribution in [1.29, 1.82) is 0 Å². The first-order valence-electron chi connectivity index (χ1n) is 12.9. The van der Waals surface area contributed by atoms with Crippen molar-refractivity contribution in [2.24, 2.45) is 5.92 Å². The smallest absolute Gasteiger partial charge is 0.247 e. The van der Waals surface area contributed by atoms with E-state index in [1.165, 1.54) is 12.5 Å². The summed E-state index contributed by atoms with van der Waals surface area (Å²) >= 11 is 12.6. The molecule has 0 saturated heterocycles. The minimum absolute atomic E-state index is 0.0112. The van der Waals surface area contributed by atoms with Crippen LogP contribution in [0.15, 0.2) is 36.4 Å². The zero-order chi connectivity index (χ0) is 25.2. The number of aromatic nitrogens is 2. The summed E-state index contributed by atoms with van der Waals surface area (Å²) in [5, 5.41) is 3.79. The van der Waals surface area contributed by atoms with Gasteiger partial charge >= 0.3 is 0 Å². The highest BCUT2D eigenvalue weighted by Gasteiger charge is 2.35. The third-order valence-corrected chi connectivity index (χ3v) is 8.24. The summed E-state index contributed by atoms with van der Waals surface area (Å²) in [6, 6.07) is 9.62. The number of benzene rings is 2. The highest BCUT2D eigenvalue weighted by Crippen LogP contribution is 2.40. The number of nitrogens with one attached hydrogen (secondary N) is 1. The molecule has 2 unspecified atom stereocenters. The van der Waals surface area contributed by atoms with Gasteiger partial charge in [-0.05, 0) is 55.4 Å². The summed E-state index contributed by atoms with van der Waals surface area (Å²) in [4.78, 5) is 18.9. The van der Waals surface area contributed by atoms with Crippen molar-refractivity contribution in [3.8, 4) is 0 Å². The zero-order valence-electron chi connectivity index (χ0n) is 20.5.